The van der Waals surface area contributed by atoms with Crippen LogP contribution in [0.5, 0.6) is 5.75 Å². The summed E-state index contributed by atoms with van der Waals surface area (Å²) in [6.45, 7) is 0. The Bertz CT molecular complexity index is 1900. The van der Waals surface area contributed by atoms with E-state index >= 15 is 0 Å². The number of nitrogen functional groups attached to an aromatic ring is 1. The van der Waals surface area contributed by atoms with E-state index in [1.165, 1.54) is 0 Å². The van der Waals surface area contributed by atoms with Gasteiger partial charge in [0.2, 0.25) is 0 Å². The average molecular weight is 582 g/mol. The molecule has 0 saturated heterocycles. The molecule has 0 amide bonds. The number of aromatic hydroxyl groups is 1. The number of phenolic OH excluding ortho intramolecular Hbond substituents is 1. The summed E-state index contributed by atoms with van der Waals surface area (Å²) in [4.78, 5) is -3.42. The van der Waals surface area contributed by atoms with Gasteiger partial charge in [-0.15, -0.1) is 10.2 Å². The molecule has 0 spiro atoms. The van der Waals surface area contributed by atoms with Crippen LogP contribution in [0, 0.1) is 0 Å². The van der Waals surface area contributed by atoms with E-state index in [1.807, 2.05) is 0 Å². The smallest absolute Gasteiger partial charge is 0.296 e. The molecule has 0 heterocycles. The van der Waals surface area contributed by atoms with Crippen LogP contribution < -0.4 is 5.73 Å². The molecule has 0 aliphatic carbocycles. The van der Waals surface area contributed by atoms with Crippen LogP contribution in [0.3, 0.4) is 0 Å². The zero-order valence-electron chi connectivity index (χ0n) is 17.6. The van der Waals surface area contributed by atoms with Gasteiger partial charge in [-0.3, -0.25) is 13.7 Å². The summed E-state index contributed by atoms with van der Waals surface area (Å²) in [6.07, 6.45) is 0.765. The first-order valence-corrected chi connectivity index (χ1v) is 15.2. The summed E-state index contributed by atoms with van der Waals surface area (Å²) in [5, 5.41) is 16.9. The van der Waals surface area contributed by atoms with Crippen molar-refractivity contribution >= 4 is 68.0 Å². The maximum Gasteiger partial charge on any atom is 0.296 e. The van der Waals surface area contributed by atoms with Gasteiger partial charge in [0.15, 0.2) is 15.6 Å². The molecule has 3 aromatic rings. The van der Waals surface area contributed by atoms with Gasteiger partial charge >= 0.3 is 0 Å². The standard InChI is InChI=1S/C17H15N3O12S4/c1-33(22,23)9-2-3-12(13(7-9)35(27,28)29)19-20-16-14(36(30,31)32)5-8-4-10(34(24,25)26)6-11(18)15(8)17(16)21/h2-7,21H,18H2,1H3,(H,24,25,26)(H,27,28,29)(H,30,31,32). The third-order valence-corrected chi connectivity index (χ3v) is 8.32. The van der Waals surface area contributed by atoms with E-state index in [9.17, 15) is 52.4 Å². The third kappa shape index (κ3) is 5.46. The molecule has 36 heavy (non-hydrogen) atoms. The highest BCUT2D eigenvalue weighted by Gasteiger charge is 2.25. The van der Waals surface area contributed by atoms with Crippen molar-refractivity contribution in [1.29, 1.82) is 0 Å². The maximum atomic E-state index is 12.0. The highest BCUT2D eigenvalue weighted by Crippen LogP contribution is 2.44. The largest absolute Gasteiger partial charge is 0.505 e. The molecule has 0 fully saturated rings. The molecule has 6 N–H and O–H groups in total. The molecule has 0 aliphatic rings. The van der Waals surface area contributed by atoms with Gasteiger partial charge in [-0.25, -0.2) is 8.42 Å². The third-order valence-electron chi connectivity index (χ3n) is 4.62. The summed E-state index contributed by atoms with van der Waals surface area (Å²) in [5.41, 5.74) is 3.63. The van der Waals surface area contributed by atoms with Crippen molar-refractivity contribution in [2.24, 2.45) is 10.2 Å². The molecular formula is C17H15N3O12S4. The van der Waals surface area contributed by atoms with Crippen LogP contribution in [-0.4, -0.2) is 58.7 Å². The molecule has 0 aromatic heterocycles. The van der Waals surface area contributed by atoms with Crippen molar-refractivity contribution in [2.75, 3.05) is 12.0 Å². The fourth-order valence-corrected chi connectivity index (χ4v) is 5.63. The van der Waals surface area contributed by atoms with Crippen molar-refractivity contribution in [3.8, 4) is 5.75 Å². The second-order valence-electron chi connectivity index (χ2n) is 7.21. The van der Waals surface area contributed by atoms with Gasteiger partial charge in [-0.1, -0.05) is 0 Å². The van der Waals surface area contributed by atoms with Crippen LogP contribution in [-0.2, 0) is 40.2 Å². The lowest BCUT2D eigenvalue weighted by atomic mass is 10.1. The molecule has 0 radical (unpaired) electrons. The van der Waals surface area contributed by atoms with E-state index in [2.05, 4.69) is 10.2 Å². The van der Waals surface area contributed by atoms with Crippen LogP contribution in [0.4, 0.5) is 17.1 Å². The Kier molecular flexibility index (Phi) is 6.64. The maximum absolute atomic E-state index is 12.0. The Hall–Kier alpha value is -3.20. The van der Waals surface area contributed by atoms with E-state index in [1.54, 1.807) is 0 Å². The van der Waals surface area contributed by atoms with Crippen LogP contribution in [0.25, 0.3) is 10.8 Å². The highest BCUT2D eigenvalue weighted by atomic mass is 32.2. The predicted molar refractivity (Wildman–Crippen MR) is 123 cm³/mol. The second kappa shape index (κ2) is 8.73. The summed E-state index contributed by atoms with van der Waals surface area (Å²) in [7, 11) is -19.0. The summed E-state index contributed by atoms with van der Waals surface area (Å²) < 4.78 is 122. The number of hydrogen-bond donors (Lipinski definition) is 5. The number of sulfone groups is 1. The van der Waals surface area contributed by atoms with E-state index in [0.29, 0.717) is 12.1 Å². The molecule has 194 valence electrons. The first-order chi connectivity index (χ1) is 16.2. The van der Waals surface area contributed by atoms with Gasteiger partial charge in [0.05, 0.1) is 9.79 Å². The molecular weight excluding hydrogens is 566 g/mol. The van der Waals surface area contributed by atoms with Crippen molar-refractivity contribution in [1.82, 2.24) is 0 Å². The lowest BCUT2D eigenvalue weighted by molar-refractivity contribution is 0.472. The minimum absolute atomic E-state index is 0.358. The molecule has 3 rings (SSSR count). The normalized spacial score (nSPS) is 13.4. The van der Waals surface area contributed by atoms with Crippen molar-refractivity contribution in [3.05, 3.63) is 36.4 Å². The van der Waals surface area contributed by atoms with Crippen LogP contribution >= 0.6 is 0 Å². The number of phenols is 1. The van der Waals surface area contributed by atoms with E-state index in [0.717, 1.165) is 30.5 Å². The van der Waals surface area contributed by atoms with Crippen molar-refractivity contribution < 1.29 is 52.4 Å². The van der Waals surface area contributed by atoms with Gasteiger partial charge in [0.1, 0.15) is 21.2 Å². The first kappa shape index (κ1) is 27.4. The zero-order chi connectivity index (χ0) is 27.4. The first-order valence-electron chi connectivity index (χ1n) is 8.99. The Morgan fingerprint density at radius 1 is 0.722 bits per heavy atom. The minimum Gasteiger partial charge on any atom is -0.505 e. The molecule has 15 nitrogen and oxygen atoms in total. The van der Waals surface area contributed by atoms with Crippen LogP contribution in [0.1, 0.15) is 0 Å². The lowest BCUT2D eigenvalue weighted by Gasteiger charge is -2.12. The Balaban J connectivity index is 2.37. The summed E-state index contributed by atoms with van der Waals surface area (Å²) in [5.74, 6) is -1.04. The van der Waals surface area contributed by atoms with E-state index in [4.69, 9.17) is 5.73 Å². The summed E-state index contributed by atoms with van der Waals surface area (Å²) >= 11 is 0. The molecule has 0 saturated carbocycles. The van der Waals surface area contributed by atoms with Gasteiger partial charge in [0.25, 0.3) is 30.4 Å². The molecule has 0 bridgehead atoms. The Morgan fingerprint density at radius 2 is 1.31 bits per heavy atom. The number of rotatable bonds is 6. The number of nitrogens with zero attached hydrogens (tertiary/aromatic N) is 2. The molecule has 0 aliphatic heterocycles. The quantitative estimate of drug-likeness (QED) is 0.158. The topological polar surface area (TPSA) is 268 Å². The number of fused-ring (bicyclic) bond motifs is 1. The molecule has 19 heteroatoms. The fraction of sp³-hybridized carbons (Fsp3) is 0.0588. The van der Waals surface area contributed by atoms with Crippen molar-refractivity contribution in [3.63, 3.8) is 0 Å². The zero-order valence-corrected chi connectivity index (χ0v) is 20.9. The van der Waals surface area contributed by atoms with Gasteiger partial charge in [-0.05, 0) is 41.8 Å². The molecule has 0 atom stereocenters. The number of benzene rings is 3. The predicted octanol–water partition coefficient (Wildman–Crippen LogP) is 1.69. The number of hydrogen-bond acceptors (Lipinski definition) is 12. The average Bonchev–Trinajstić information content (AvgIpc) is 2.69. The fourth-order valence-electron chi connectivity index (χ4n) is 3.05. The van der Waals surface area contributed by atoms with Gasteiger partial charge in [0, 0.05) is 17.3 Å². The van der Waals surface area contributed by atoms with E-state index in [-0.39, 0.29) is 10.8 Å². The van der Waals surface area contributed by atoms with Crippen LogP contribution in [0.15, 0.2) is 66.2 Å². The van der Waals surface area contributed by atoms with Gasteiger partial charge in [-0.2, -0.15) is 25.3 Å². The van der Waals surface area contributed by atoms with E-state index < -0.39 is 82.6 Å². The minimum atomic E-state index is -5.19. The van der Waals surface area contributed by atoms with Gasteiger partial charge < -0.3 is 10.8 Å². The molecule has 0 unspecified atom stereocenters. The Morgan fingerprint density at radius 3 is 1.81 bits per heavy atom. The summed E-state index contributed by atoms with van der Waals surface area (Å²) in [6, 6.07) is 4.44. The lowest BCUT2D eigenvalue weighted by Crippen LogP contribution is -2.03. The number of nitrogens with two attached hydrogens (primary N) is 1. The SMILES string of the molecule is CS(=O)(=O)c1ccc(N=Nc2c(S(=O)(=O)O)cc3cc(S(=O)(=O)O)cc(N)c3c2O)c(S(=O)(=O)O)c1. The Labute approximate surface area is 204 Å². The second-order valence-corrected chi connectivity index (χ2v) is 13.4. The van der Waals surface area contributed by atoms with Crippen molar-refractivity contribution in [2.45, 2.75) is 19.6 Å². The number of anilines is 1. The van der Waals surface area contributed by atoms with Crippen LogP contribution in [0.2, 0.25) is 0 Å². The molecule has 3 aromatic carbocycles. The monoisotopic (exact) mass is 581 g/mol. The number of azo groups is 1. The highest BCUT2D eigenvalue weighted by molar-refractivity contribution is 7.90.